The van der Waals surface area contributed by atoms with Crippen LogP contribution in [0.4, 0.5) is 0 Å². The predicted octanol–water partition coefficient (Wildman–Crippen LogP) is 17.0. The fourth-order valence-corrected chi connectivity index (χ4v) is 12.5. The minimum atomic E-state index is -0.0274. The zero-order chi connectivity index (χ0) is 41.7. The lowest BCUT2D eigenvalue weighted by Gasteiger charge is -2.31. The van der Waals surface area contributed by atoms with Crippen LogP contribution in [-0.4, -0.2) is 0 Å². The molecule has 0 saturated heterocycles. The molecule has 0 radical (unpaired) electrons. The van der Waals surface area contributed by atoms with Gasteiger partial charge in [0.05, 0.1) is 0 Å². The van der Waals surface area contributed by atoms with E-state index in [0.29, 0.717) is 0 Å². The van der Waals surface area contributed by atoms with Gasteiger partial charge in [0.25, 0.3) is 0 Å². The van der Waals surface area contributed by atoms with Gasteiger partial charge < -0.3 is 0 Å². The molecule has 0 heteroatoms. The number of allylic oxidation sites excluding steroid dienone is 3. The maximum Gasteiger partial charge on any atom is 0.0210 e. The smallest absolute Gasteiger partial charge is 0.0210 e. The summed E-state index contributed by atoms with van der Waals surface area (Å²) in [6, 6.07) is 58.7. The molecule has 4 aliphatic rings. The zero-order valence-electron chi connectivity index (χ0n) is 36.4. The minimum absolute atomic E-state index is 0.0274. The Hall–Kier alpha value is -6.50. The van der Waals surface area contributed by atoms with Crippen LogP contribution in [0.3, 0.4) is 0 Å². The third-order valence-electron chi connectivity index (χ3n) is 16.0. The third-order valence-corrected chi connectivity index (χ3v) is 16.0. The normalized spacial score (nSPS) is 15.5. The lowest BCUT2D eigenvalue weighted by atomic mass is 9.72. The fourth-order valence-electron chi connectivity index (χ4n) is 12.5. The third kappa shape index (κ3) is 5.19. The Bertz CT molecular complexity index is 3190. The molecule has 8 aromatic rings. The highest BCUT2D eigenvalue weighted by Crippen LogP contribution is 2.56. The summed E-state index contributed by atoms with van der Waals surface area (Å²) in [6.07, 6.45) is 13.4. The minimum Gasteiger partial charge on any atom is -0.0795 e. The molecule has 0 aliphatic heterocycles. The van der Waals surface area contributed by atoms with E-state index in [2.05, 4.69) is 198 Å². The molecule has 0 fully saturated rings. The Kier molecular flexibility index (Phi) is 8.43. The van der Waals surface area contributed by atoms with Crippen LogP contribution in [0.1, 0.15) is 98.7 Å². The van der Waals surface area contributed by atoms with E-state index in [9.17, 15) is 0 Å². The number of benzene rings is 8. The number of fused-ring (bicyclic) bond motifs is 6. The second-order valence-electron chi connectivity index (χ2n) is 18.3. The fraction of sp³-hybridized carbons (Fsp3) is 0.194. The van der Waals surface area contributed by atoms with E-state index < -0.39 is 0 Å². The summed E-state index contributed by atoms with van der Waals surface area (Å²) >= 11 is 0. The Labute approximate surface area is 367 Å². The number of rotatable bonds is 8. The average molecular weight is 797 g/mol. The van der Waals surface area contributed by atoms with Crippen molar-refractivity contribution < 1.29 is 0 Å². The van der Waals surface area contributed by atoms with E-state index in [4.69, 9.17) is 0 Å². The van der Waals surface area contributed by atoms with Crippen LogP contribution >= 0.6 is 0 Å². The van der Waals surface area contributed by atoms with Gasteiger partial charge in [-0.05, 0) is 179 Å². The second-order valence-corrected chi connectivity index (χ2v) is 18.3. The van der Waals surface area contributed by atoms with Crippen molar-refractivity contribution in [2.75, 3.05) is 0 Å². The average Bonchev–Trinajstić information content (AvgIpc) is 3.79. The van der Waals surface area contributed by atoms with Crippen molar-refractivity contribution in [1.82, 2.24) is 0 Å². The van der Waals surface area contributed by atoms with Gasteiger partial charge in [0.1, 0.15) is 0 Å². The summed E-state index contributed by atoms with van der Waals surface area (Å²) in [5.74, 6) is 0. The van der Waals surface area contributed by atoms with E-state index in [1.54, 1.807) is 0 Å². The highest BCUT2D eigenvalue weighted by atomic mass is 14.5. The molecule has 0 spiro atoms. The van der Waals surface area contributed by atoms with E-state index in [1.165, 1.54) is 122 Å². The van der Waals surface area contributed by atoms with Gasteiger partial charge in [-0.25, -0.2) is 0 Å². The van der Waals surface area contributed by atoms with Gasteiger partial charge in [-0.15, -0.1) is 0 Å². The van der Waals surface area contributed by atoms with Crippen LogP contribution in [0.15, 0.2) is 164 Å². The first-order valence-electron chi connectivity index (χ1n) is 23.2. The van der Waals surface area contributed by atoms with Gasteiger partial charge in [-0.3, -0.25) is 0 Å². The van der Waals surface area contributed by atoms with Gasteiger partial charge in [0.15, 0.2) is 0 Å². The van der Waals surface area contributed by atoms with Gasteiger partial charge in [0, 0.05) is 10.8 Å². The molecule has 0 unspecified atom stereocenters. The van der Waals surface area contributed by atoms with Crippen molar-refractivity contribution in [2.45, 2.75) is 77.0 Å². The van der Waals surface area contributed by atoms with E-state index in [1.807, 2.05) is 0 Å². The molecule has 12 rings (SSSR count). The molecule has 0 heterocycles. The molecule has 0 amide bonds. The van der Waals surface area contributed by atoms with Crippen molar-refractivity contribution in [3.8, 4) is 66.8 Å². The molecule has 62 heavy (non-hydrogen) atoms. The van der Waals surface area contributed by atoms with Crippen molar-refractivity contribution in [3.63, 3.8) is 0 Å². The van der Waals surface area contributed by atoms with Crippen LogP contribution in [0.5, 0.6) is 0 Å². The maximum atomic E-state index is 2.54. The van der Waals surface area contributed by atoms with Gasteiger partial charge >= 0.3 is 0 Å². The SMILES string of the molecule is CCC1(CC)c2ccccc2-c2ccc(-c3ccc4c(c3)C(CC)(CC)c3cc(-c5ccc(-c6ccc(-c7ccc8ccc9c%10c8c7CC=C%10CC=C9)cc6)cc5)ccc3-4)cc21. The maximum absolute atomic E-state index is 2.54. The highest BCUT2D eigenvalue weighted by Gasteiger charge is 2.42. The first-order valence-corrected chi connectivity index (χ1v) is 23.2. The lowest BCUT2D eigenvalue weighted by molar-refractivity contribution is 0.490. The molecule has 0 nitrogen and oxygen atoms in total. The van der Waals surface area contributed by atoms with Crippen molar-refractivity contribution in [1.29, 1.82) is 0 Å². The van der Waals surface area contributed by atoms with E-state index in [-0.39, 0.29) is 10.8 Å². The van der Waals surface area contributed by atoms with E-state index in [0.717, 1.165) is 38.5 Å². The Balaban J connectivity index is 0.841. The molecule has 8 aromatic carbocycles. The molecular formula is C62H52. The van der Waals surface area contributed by atoms with Crippen molar-refractivity contribution in [3.05, 3.63) is 203 Å². The molecule has 0 bridgehead atoms. The predicted molar refractivity (Wildman–Crippen MR) is 265 cm³/mol. The standard InChI is InChI=1S/C62H52/c1-5-61(6-2)55-15-10-9-14-50(55)51-33-29-47(37-56(51)61)48-30-34-53-52-32-28-46(36-57(52)62(7-3,8-4)58(53)38-48)41-18-16-39(17-19-41)40-20-22-42(23-21-40)49-31-26-45-25-24-43-12-11-13-44-27-35-54(49)60(45)59(43)44/h9-12,14-34,36-38H,5-8,13,35H2,1-4H3. The van der Waals surface area contributed by atoms with Crippen LogP contribution in [0.2, 0.25) is 0 Å². The summed E-state index contributed by atoms with van der Waals surface area (Å²) in [7, 11) is 0. The summed E-state index contributed by atoms with van der Waals surface area (Å²) in [5.41, 5.74) is 27.7. The monoisotopic (exact) mass is 796 g/mol. The second kappa shape index (κ2) is 14.0. The first kappa shape index (κ1) is 37.3. The highest BCUT2D eigenvalue weighted by molar-refractivity contribution is 6.05. The molecule has 300 valence electrons. The van der Waals surface area contributed by atoms with E-state index >= 15 is 0 Å². The number of hydrogen-bond acceptors (Lipinski definition) is 0. The Morgan fingerprint density at radius 3 is 1.44 bits per heavy atom. The topological polar surface area (TPSA) is 0 Å². The van der Waals surface area contributed by atoms with Crippen LogP contribution in [-0.2, 0) is 17.3 Å². The summed E-state index contributed by atoms with van der Waals surface area (Å²) < 4.78 is 0. The van der Waals surface area contributed by atoms with Gasteiger partial charge in [-0.1, -0.05) is 179 Å². The molecule has 4 aliphatic carbocycles. The van der Waals surface area contributed by atoms with Gasteiger partial charge in [-0.2, -0.15) is 0 Å². The largest absolute Gasteiger partial charge is 0.0795 e. The molecule has 0 atom stereocenters. The molecule has 0 aromatic heterocycles. The number of hydrogen-bond donors (Lipinski definition) is 0. The van der Waals surface area contributed by atoms with Crippen LogP contribution in [0, 0.1) is 0 Å². The quantitative estimate of drug-likeness (QED) is 0.144. The first-order chi connectivity index (χ1) is 30.5. The van der Waals surface area contributed by atoms with Crippen molar-refractivity contribution >= 4 is 22.4 Å². The van der Waals surface area contributed by atoms with Crippen molar-refractivity contribution in [2.24, 2.45) is 0 Å². The lowest BCUT2D eigenvalue weighted by Crippen LogP contribution is -2.23. The molecular weight excluding hydrogens is 745 g/mol. The molecule has 0 N–H and O–H groups in total. The zero-order valence-corrected chi connectivity index (χ0v) is 36.4. The van der Waals surface area contributed by atoms with Gasteiger partial charge in [0.2, 0.25) is 0 Å². The summed E-state index contributed by atoms with van der Waals surface area (Å²) in [6.45, 7) is 9.50. The van der Waals surface area contributed by atoms with Crippen LogP contribution in [0.25, 0.3) is 89.2 Å². The Morgan fingerprint density at radius 1 is 0.403 bits per heavy atom. The Morgan fingerprint density at radius 2 is 0.855 bits per heavy atom. The summed E-state index contributed by atoms with van der Waals surface area (Å²) in [4.78, 5) is 0. The summed E-state index contributed by atoms with van der Waals surface area (Å²) in [5, 5.41) is 2.80. The molecule has 0 saturated carbocycles. The van der Waals surface area contributed by atoms with Crippen LogP contribution < -0.4 is 0 Å².